The fourth-order valence-corrected chi connectivity index (χ4v) is 20.9. The Morgan fingerprint density at radius 1 is 0.493 bits per heavy atom. The maximum atomic E-state index is 5.63. The van der Waals surface area contributed by atoms with Crippen LogP contribution in [0.25, 0.3) is 44.1 Å². The molecule has 0 spiro atoms. The third-order valence-corrected chi connectivity index (χ3v) is 22.6. The fourth-order valence-electron chi connectivity index (χ4n) is 15.7. The van der Waals surface area contributed by atoms with E-state index in [9.17, 15) is 0 Å². The number of rotatable bonds is 9. The molecule has 1 unspecified atom stereocenters. The molecular formula is C62H62FeN2P2-6. The molecule has 8 bridgehead atoms. The summed E-state index contributed by atoms with van der Waals surface area (Å²) in [5.41, 5.74) is 14.4. The average molecular weight is 953 g/mol. The van der Waals surface area contributed by atoms with Gasteiger partial charge >= 0.3 is 0 Å². The molecule has 16 rings (SSSR count). The number of para-hydroxylation sites is 2. The first kappa shape index (κ1) is 44.0. The molecule has 67 heavy (non-hydrogen) atoms. The molecule has 0 amide bonds. The molecule has 8 aliphatic rings. The summed E-state index contributed by atoms with van der Waals surface area (Å²) < 4.78 is 0. The molecule has 0 saturated heterocycles. The molecule has 5 heteroatoms. The quantitative estimate of drug-likeness (QED) is 0.0818. The predicted octanol–water partition coefficient (Wildman–Crippen LogP) is 16.0. The van der Waals surface area contributed by atoms with E-state index in [-0.39, 0.29) is 25.0 Å². The van der Waals surface area contributed by atoms with Gasteiger partial charge in [-0.05, 0) is 153 Å². The molecule has 2 nitrogen and oxygen atoms in total. The van der Waals surface area contributed by atoms with Gasteiger partial charge in [0.05, 0.1) is 16.2 Å². The van der Waals surface area contributed by atoms with Gasteiger partial charge < -0.3 is 30.3 Å². The van der Waals surface area contributed by atoms with E-state index >= 15 is 0 Å². The van der Waals surface area contributed by atoms with E-state index in [1.54, 1.807) is 5.56 Å². The molecule has 1 atom stereocenters. The third-order valence-electron chi connectivity index (χ3n) is 17.8. The second-order valence-electron chi connectivity index (χ2n) is 21.6. The Balaban J connectivity index is 0.000000735. The standard InChI is InChI=1S/C57H57N2P2.C5H5.Fe/c60-57(52-21-19-40-13-7-9-17-50(40)58-52,53-22-20-41-14-8-10-18-51(41)59-53)49-33-47(39-11-3-1-4-12-39)54(42-15-5-2-6-16-42)48(49)34-61(55-43-25-35-23-36(27-43)28-44(55)26-35)56-45-29-37-24-38(31-45)32-46(56)30-37;1-2-4-5-3-1;/h1-22,33,35-38,43-46,55-56H,23-32,34,60H2;1-5H;/q-1;-5;. The van der Waals surface area contributed by atoms with Crippen LogP contribution in [0.2, 0.25) is 0 Å². The van der Waals surface area contributed by atoms with Gasteiger partial charge in [-0.3, -0.25) is 9.97 Å². The number of hydrogen-bond acceptors (Lipinski definition) is 2. The Labute approximate surface area is 412 Å². The normalized spacial score (nSPS) is 28.3. The van der Waals surface area contributed by atoms with E-state index in [1.807, 2.05) is 30.3 Å². The molecule has 0 aliphatic heterocycles. The van der Waals surface area contributed by atoms with Crippen molar-refractivity contribution in [2.24, 2.45) is 47.3 Å². The van der Waals surface area contributed by atoms with Gasteiger partial charge in [0, 0.05) is 39.2 Å². The molecule has 344 valence electrons. The van der Waals surface area contributed by atoms with Gasteiger partial charge in [-0.15, -0.1) is 14.8 Å². The summed E-state index contributed by atoms with van der Waals surface area (Å²) in [7, 11) is 3.17. The maximum Gasteiger partial charge on any atom is 0.0705 e. The van der Waals surface area contributed by atoms with E-state index in [2.05, 4.69) is 149 Å². The van der Waals surface area contributed by atoms with Gasteiger partial charge in [0.2, 0.25) is 0 Å². The van der Waals surface area contributed by atoms with Crippen LogP contribution in [0.4, 0.5) is 0 Å². The van der Waals surface area contributed by atoms with Gasteiger partial charge in [0.1, 0.15) is 0 Å². The van der Waals surface area contributed by atoms with E-state index < -0.39 is 5.16 Å². The summed E-state index contributed by atoms with van der Waals surface area (Å²) in [4.78, 5) is 11.3. The number of benzene rings is 4. The zero-order chi connectivity index (χ0) is 43.8. The van der Waals surface area contributed by atoms with E-state index in [4.69, 9.17) is 9.97 Å². The van der Waals surface area contributed by atoms with Crippen LogP contribution >= 0.6 is 17.2 Å². The fraction of sp³-hybridized carbons (Fsp3) is 0.355. The third kappa shape index (κ3) is 7.94. The predicted molar refractivity (Wildman–Crippen MR) is 280 cm³/mol. The summed E-state index contributed by atoms with van der Waals surface area (Å²) in [6.07, 6.45) is 16.3. The van der Waals surface area contributed by atoms with Gasteiger partial charge in [0.15, 0.2) is 0 Å². The second-order valence-corrected chi connectivity index (χ2v) is 25.0. The van der Waals surface area contributed by atoms with E-state index in [0.29, 0.717) is 0 Å². The van der Waals surface area contributed by atoms with Gasteiger partial charge in [0.25, 0.3) is 0 Å². The van der Waals surface area contributed by atoms with E-state index in [0.717, 1.165) is 81.1 Å². The van der Waals surface area contributed by atoms with Crippen LogP contribution in [0.5, 0.6) is 0 Å². The van der Waals surface area contributed by atoms with Crippen molar-refractivity contribution in [1.82, 2.24) is 9.97 Å². The summed E-state index contributed by atoms with van der Waals surface area (Å²) in [5.74, 6) is 7.68. The van der Waals surface area contributed by atoms with Crippen molar-refractivity contribution >= 4 is 39.0 Å². The molecule has 2 heterocycles. The molecule has 8 aromatic rings. The van der Waals surface area contributed by atoms with Crippen LogP contribution in [-0.4, -0.2) is 21.3 Å². The Morgan fingerprint density at radius 3 is 1.34 bits per heavy atom. The molecule has 0 N–H and O–H groups in total. The molecular weight excluding hydrogens is 890 g/mol. The number of nitrogens with zero attached hydrogens (tertiary/aromatic N) is 2. The molecule has 8 aliphatic carbocycles. The van der Waals surface area contributed by atoms with Crippen LogP contribution < -0.4 is 0 Å². The van der Waals surface area contributed by atoms with Gasteiger partial charge in [-0.2, -0.15) is 22.8 Å². The number of fused-ring (bicyclic) bond motifs is 2. The largest absolute Gasteiger partial charge is 0.748 e. The minimum atomic E-state index is -0.685. The number of pyridine rings is 2. The molecule has 0 radical (unpaired) electrons. The van der Waals surface area contributed by atoms with Gasteiger partial charge in [-0.1, -0.05) is 128 Å². The zero-order valence-corrected chi connectivity index (χ0v) is 41.6. The Morgan fingerprint density at radius 2 is 0.896 bits per heavy atom. The second kappa shape index (κ2) is 18.3. The van der Waals surface area contributed by atoms with E-state index in [1.165, 1.54) is 109 Å². The first-order valence-corrected chi connectivity index (χ1v) is 27.7. The SMILES string of the molecule is PC(c1ccc2ccccc2n1)(c1ccc2ccccc2n1)[c-]1cc(-c2ccccc2)c(-c2ccccc2)c1CP(C1C2CC3CC(C2)CC1C3)C1C2CC3CC(C2)CC1C3.[Fe].[cH-]1[cH-][cH-][cH-][cH-]1. The van der Waals surface area contributed by atoms with Crippen LogP contribution in [-0.2, 0) is 28.4 Å². The summed E-state index contributed by atoms with van der Waals surface area (Å²) >= 11 is 0. The Bertz CT molecular complexity index is 2780. The maximum absolute atomic E-state index is 5.63. The first-order valence-electron chi connectivity index (χ1n) is 25.4. The molecule has 8 fully saturated rings. The van der Waals surface area contributed by atoms with Crippen molar-refractivity contribution < 1.29 is 17.1 Å². The monoisotopic (exact) mass is 952 g/mol. The van der Waals surface area contributed by atoms with Crippen LogP contribution in [0.3, 0.4) is 0 Å². The van der Waals surface area contributed by atoms with Crippen molar-refractivity contribution in [3.05, 3.63) is 192 Å². The zero-order valence-electron chi connectivity index (χ0n) is 38.5. The minimum Gasteiger partial charge on any atom is -0.748 e. The first-order chi connectivity index (χ1) is 32.5. The molecule has 6 aromatic carbocycles. The summed E-state index contributed by atoms with van der Waals surface area (Å²) in [6, 6.07) is 62.0. The molecule has 8 saturated carbocycles. The van der Waals surface area contributed by atoms with Crippen molar-refractivity contribution in [3.8, 4) is 22.3 Å². The average Bonchev–Trinajstić information content (AvgIpc) is 4.07. The topological polar surface area (TPSA) is 25.8 Å². The summed E-state index contributed by atoms with van der Waals surface area (Å²) in [6.45, 7) is 0. The van der Waals surface area contributed by atoms with Crippen molar-refractivity contribution in [2.45, 2.75) is 86.8 Å². The minimum absolute atomic E-state index is 0. The van der Waals surface area contributed by atoms with Crippen molar-refractivity contribution in [2.75, 3.05) is 0 Å². The molecule has 2 aromatic heterocycles. The van der Waals surface area contributed by atoms with Gasteiger partial charge in [-0.25, -0.2) is 0 Å². The Hall–Kier alpha value is -4.22. The van der Waals surface area contributed by atoms with Crippen LogP contribution in [0.15, 0.2) is 170 Å². The van der Waals surface area contributed by atoms with Crippen LogP contribution in [0, 0.1) is 47.3 Å². The summed E-state index contributed by atoms with van der Waals surface area (Å²) in [5, 5.41) is 1.67. The smallest absolute Gasteiger partial charge is 0.0705 e. The van der Waals surface area contributed by atoms with Crippen molar-refractivity contribution in [1.29, 1.82) is 0 Å². The van der Waals surface area contributed by atoms with Crippen molar-refractivity contribution in [3.63, 3.8) is 0 Å². The number of hydrogen-bond donors (Lipinski definition) is 0. The van der Waals surface area contributed by atoms with Crippen LogP contribution in [0.1, 0.15) is 86.7 Å². The number of aromatic nitrogens is 2. The Kier molecular flexibility index (Phi) is 12.0.